The van der Waals surface area contributed by atoms with Gasteiger partial charge >= 0.3 is 5.88 Å². The fourth-order valence-electron chi connectivity index (χ4n) is 0.770. The van der Waals surface area contributed by atoms with Crippen LogP contribution in [-0.2, 0) is 0 Å². The van der Waals surface area contributed by atoms with Crippen LogP contribution in [-0.4, -0.2) is 7.11 Å². The van der Waals surface area contributed by atoms with Gasteiger partial charge in [0.1, 0.15) is 4.47 Å². The number of halogens is 1. The summed E-state index contributed by atoms with van der Waals surface area (Å²) in [6, 6.07) is 3.50. The van der Waals surface area contributed by atoms with Crippen LogP contribution in [0, 0.1) is 12.1 Å². The number of aryl methyl sites for hydroxylation is 1. The maximum absolute atomic E-state index is 11.2. The Morgan fingerprint density at radius 3 is 2.64 bits per heavy atom. The van der Waals surface area contributed by atoms with E-state index in [0.29, 0.717) is 16.0 Å². The number of hydrogen-bond acceptors (Lipinski definition) is 2. The van der Waals surface area contributed by atoms with Crippen molar-refractivity contribution in [2.75, 3.05) is 7.11 Å². The number of rotatable bonds is 1. The van der Waals surface area contributed by atoms with Crippen molar-refractivity contribution in [2.24, 2.45) is 0 Å². The predicted octanol–water partition coefficient (Wildman–Crippen LogP) is 1.40. The predicted molar refractivity (Wildman–Crippen MR) is 44.4 cm³/mol. The molecule has 1 aromatic rings. The van der Waals surface area contributed by atoms with Gasteiger partial charge in [0.05, 0.1) is 7.11 Å². The summed E-state index contributed by atoms with van der Waals surface area (Å²) < 4.78 is 6.27. The average molecular weight is 218 g/mol. The third-order valence-corrected chi connectivity index (χ3v) is 1.98. The first-order valence-electron chi connectivity index (χ1n) is 3.09. The molecule has 0 radical (unpaired) electrons. The average Bonchev–Trinajstić information content (AvgIpc) is 1.99. The summed E-state index contributed by atoms with van der Waals surface area (Å²) in [5, 5.41) is 11.2. The van der Waals surface area contributed by atoms with Crippen LogP contribution in [0.15, 0.2) is 16.6 Å². The molecular formula is C7H8BrNO2. The monoisotopic (exact) mass is 217 g/mol. The van der Waals surface area contributed by atoms with Gasteiger partial charge < -0.3 is 9.94 Å². The van der Waals surface area contributed by atoms with E-state index >= 15 is 0 Å². The van der Waals surface area contributed by atoms with Crippen molar-refractivity contribution in [2.45, 2.75) is 6.92 Å². The first-order valence-corrected chi connectivity index (χ1v) is 3.88. The molecule has 0 unspecified atom stereocenters. The highest BCUT2D eigenvalue weighted by Crippen LogP contribution is 2.19. The van der Waals surface area contributed by atoms with E-state index in [2.05, 4.69) is 15.9 Å². The van der Waals surface area contributed by atoms with Crippen molar-refractivity contribution < 1.29 is 9.47 Å². The lowest BCUT2D eigenvalue weighted by atomic mass is 10.4. The quantitative estimate of drug-likeness (QED) is 0.527. The Morgan fingerprint density at radius 2 is 2.18 bits per heavy atom. The highest BCUT2D eigenvalue weighted by molar-refractivity contribution is 9.10. The van der Waals surface area contributed by atoms with E-state index in [9.17, 15) is 5.21 Å². The number of hydrogen-bond donors (Lipinski definition) is 0. The molecule has 0 aliphatic carbocycles. The van der Waals surface area contributed by atoms with Crippen LogP contribution in [0.3, 0.4) is 0 Å². The van der Waals surface area contributed by atoms with E-state index in [0.717, 1.165) is 4.73 Å². The third kappa shape index (κ3) is 1.45. The Hall–Kier alpha value is -0.770. The number of nitrogens with zero attached hydrogens (tertiary/aromatic N) is 1. The molecule has 0 fully saturated rings. The highest BCUT2D eigenvalue weighted by Gasteiger charge is 2.12. The summed E-state index contributed by atoms with van der Waals surface area (Å²) in [4.78, 5) is 0. The molecule has 11 heavy (non-hydrogen) atoms. The van der Waals surface area contributed by atoms with Crippen molar-refractivity contribution in [3.63, 3.8) is 0 Å². The van der Waals surface area contributed by atoms with Crippen molar-refractivity contribution in [1.82, 2.24) is 0 Å². The zero-order valence-electron chi connectivity index (χ0n) is 6.30. The summed E-state index contributed by atoms with van der Waals surface area (Å²) in [5.41, 5.74) is 0.616. The lowest BCUT2D eigenvalue weighted by Crippen LogP contribution is -2.32. The van der Waals surface area contributed by atoms with Crippen LogP contribution in [0.1, 0.15) is 5.69 Å². The molecule has 0 aliphatic heterocycles. The number of pyridine rings is 1. The molecular weight excluding hydrogens is 210 g/mol. The van der Waals surface area contributed by atoms with Gasteiger partial charge in [0.25, 0.3) is 0 Å². The van der Waals surface area contributed by atoms with Crippen LogP contribution in [0.5, 0.6) is 5.88 Å². The minimum Gasteiger partial charge on any atom is -0.616 e. The van der Waals surface area contributed by atoms with Crippen LogP contribution in [0.4, 0.5) is 0 Å². The van der Waals surface area contributed by atoms with Gasteiger partial charge in [0.2, 0.25) is 0 Å². The molecule has 60 valence electrons. The summed E-state index contributed by atoms with van der Waals surface area (Å²) in [6.07, 6.45) is 0. The van der Waals surface area contributed by atoms with Gasteiger partial charge in [-0.05, 0) is 22.0 Å². The molecule has 0 spiro atoms. The normalized spacial score (nSPS) is 9.73. The standard InChI is InChI=1S/C7H8BrNO2/c1-5-3-4-6(8)7(11-2)9(5)10/h3-4H,1-2H3. The number of methoxy groups -OCH3 is 1. The zero-order chi connectivity index (χ0) is 8.43. The summed E-state index contributed by atoms with van der Waals surface area (Å²) in [7, 11) is 1.47. The maximum Gasteiger partial charge on any atom is 0.394 e. The van der Waals surface area contributed by atoms with Crippen LogP contribution in [0.25, 0.3) is 0 Å². The Bertz CT molecular complexity index is 275. The van der Waals surface area contributed by atoms with Gasteiger partial charge in [-0.2, -0.15) is 0 Å². The summed E-state index contributed by atoms with van der Waals surface area (Å²) in [5.74, 6) is 0.296. The molecule has 0 saturated carbocycles. The molecule has 1 rings (SSSR count). The second-order valence-corrected chi connectivity index (χ2v) is 2.98. The van der Waals surface area contributed by atoms with E-state index in [1.54, 1.807) is 19.1 Å². The largest absolute Gasteiger partial charge is 0.616 e. The van der Waals surface area contributed by atoms with Crippen LogP contribution >= 0.6 is 15.9 Å². The van der Waals surface area contributed by atoms with Crippen molar-refractivity contribution >= 4 is 15.9 Å². The Labute approximate surface area is 73.3 Å². The van der Waals surface area contributed by atoms with Gasteiger partial charge in [0.15, 0.2) is 5.69 Å². The molecule has 1 aromatic heterocycles. The third-order valence-electron chi connectivity index (χ3n) is 1.37. The first-order chi connectivity index (χ1) is 5.16. The second-order valence-electron chi connectivity index (χ2n) is 2.13. The molecule has 3 nitrogen and oxygen atoms in total. The van der Waals surface area contributed by atoms with E-state index in [1.165, 1.54) is 7.11 Å². The molecule has 4 heteroatoms. The van der Waals surface area contributed by atoms with Gasteiger partial charge in [-0.25, -0.2) is 0 Å². The zero-order valence-corrected chi connectivity index (χ0v) is 7.88. The Morgan fingerprint density at radius 1 is 1.55 bits per heavy atom. The van der Waals surface area contributed by atoms with Gasteiger partial charge in [-0.3, -0.25) is 0 Å². The van der Waals surface area contributed by atoms with Crippen LogP contribution < -0.4 is 9.47 Å². The molecule has 0 aromatic carbocycles. The van der Waals surface area contributed by atoms with Crippen molar-refractivity contribution in [3.8, 4) is 5.88 Å². The van der Waals surface area contributed by atoms with Crippen molar-refractivity contribution in [1.29, 1.82) is 0 Å². The van der Waals surface area contributed by atoms with Gasteiger partial charge in [-0.1, -0.05) is 0 Å². The fraction of sp³-hybridized carbons (Fsp3) is 0.286. The van der Waals surface area contributed by atoms with Gasteiger partial charge in [-0.15, -0.1) is 4.73 Å². The SMILES string of the molecule is COc1c(Br)ccc(C)[n+]1[O-]. The molecule has 0 bridgehead atoms. The molecule has 0 amide bonds. The Kier molecular flexibility index (Phi) is 2.34. The summed E-state index contributed by atoms with van der Waals surface area (Å²) in [6.45, 7) is 1.72. The molecule has 0 atom stereocenters. The smallest absolute Gasteiger partial charge is 0.394 e. The van der Waals surface area contributed by atoms with E-state index < -0.39 is 0 Å². The van der Waals surface area contributed by atoms with E-state index in [1.807, 2.05) is 0 Å². The molecule has 0 N–H and O–H groups in total. The minimum absolute atomic E-state index is 0.296. The van der Waals surface area contributed by atoms with Gasteiger partial charge in [0, 0.05) is 13.0 Å². The minimum atomic E-state index is 0.296. The van der Waals surface area contributed by atoms with E-state index in [-0.39, 0.29) is 0 Å². The topological polar surface area (TPSA) is 36.2 Å². The molecule has 0 saturated heterocycles. The lowest BCUT2D eigenvalue weighted by Gasteiger charge is -2.05. The van der Waals surface area contributed by atoms with Crippen molar-refractivity contribution in [3.05, 3.63) is 27.5 Å². The molecule has 1 heterocycles. The highest BCUT2D eigenvalue weighted by atomic mass is 79.9. The fourth-order valence-corrected chi connectivity index (χ4v) is 1.23. The first kappa shape index (κ1) is 8.33. The second kappa shape index (κ2) is 3.09. The summed E-state index contributed by atoms with van der Waals surface area (Å²) >= 11 is 3.20. The number of aromatic nitrogens is 1. The molecule has 0 aliphatic rings. The van der Waals surface area contributed by atoms with Crippen LogP contribution in [0.2, 0.25) is 0 Å². The lowest BCUT2D eigenvalue weighted by molar-refractivity contribution is -0.619. The Balaban J connectivity index is 3.29. The maximum atomic E-state index is 11.2. The van der Waals surface area contributed by atoms with E-state index in [4.69, 9.17) is 4.74 Å². The number of ether oxygens (including phenoxy) is 1.